The third kappa shape index (κ3) is 56.0. The number of nitrogens with one attached hydrogen (secondary N) is 2. The van der Waals surface area contributed by atoms with Gasteiger partial charge >= 0.3 is 37.4 Å². The molecule has 0 aromatic carbocycles. The van der Waals surface area contributed by atoms with Gasteiger partial charge in [0, 0.05) is 64.3 Å². The summed E-state index contributed by atoms with van der Waals surface area (Å²) in [5.74, 6) is -12.9. The SMILES string of the molecule is CCl.COC(=O)C(C)P(=O)(OC)OC.[2H]/[13C](=C(/[15NH]C(C)=O)C(=O)OC)C([2H])(C)[13CH3].[2H]C(C)([13CH3])[13C](=O)N(C)OC.[2H]C(C)([13CH3])[13C](=O)O.[2H][13C@H]([C@H]([13NH]C(C)=O)C(=O)OC)C([2H])(C)[13CH3].[2H][13C@H]([C@H]([15NH2])C(=O)O)C([2H])(C)[13CH3].[2H][13C](=O)C([2H])(C)[13CH3]. The number of nitrogens with two attached hydrogens (primary N) is 1. The summed E-state index contributed by atoms with van der Waals surface area (Å²) in [5.41, 5.74) is 3.96. The molecule has 0 aliphatic heterocycles. The summed E-state index contributed by atoms with van der Waals surface area (Å²) in [5, 5.41) is 22.0. The van der Waals surface area contributed by atoms with Gasteiger partial charge < -0.3 is 54.6 Å². The van der Waals surface area contributed by atoms with Crippen molar-refractivity contribution in [1.29, 1.82) is 0 Å². The van der Waals surface area contributed by atoms with Gasteiger partial charge in [-0.05, 0) is 37.4 Å². The first-order chi connectivity index (χ1) is 35.0. The largest absolute Gasteiger partial charge is 0.481 e. The van der Waals surface area contributed by atoms with Gasteiger partial charge in [0.2, 0.25) is 17.7 Å². The predicted octanol–water partition coefficient (Wildman–Crippen LogP) is 6.11. The van der Waals surface area contributed by atoms with E-state index in [0.717, 1.165) is 12.2 Å². The number of carboxylic acid groups (broad SMARTS) is 2. The highest BCUT2D eigenvalue weighted by Gasteiger charge is 2.36. The van der Waals surface area contributed by atoms with Crippen molar-refractivity contribution in [2.24, 2.45) is 41.1 Å². The van der Waals surface area contributed by atoms with Crippen LogP contribution in [-0.2, 0) is 75.8 Å². The van der Waals surface area contributed by atoms with Crippen LogP contribution in [0.3, 0.4) is 0 Å². The van der Waals surface area contributed by atoms with E-state index in [1.54, 1.807) is 0 Å². The topological polar surface area (TPSA) is 320 Å². The van der Waals surface area contributed by atoms with Crippen LogP contribution in [0.1, 0.15) is 130 Å². The summed E-state index contributed by atoms with van der Waals surface area (Å²) in [4.78, 5) is 101. The van der Waals surface area contributed by atoms with Gasteiger partial charge in [-0.3, -0.25) is 38.2 Å². The Kier molecular flexibility index (Phi) is 42.6. The zero-order chi connectivity index (χ0) is 66.0. The Morgan fingerprint density at radius 3 is 1.32 bits per heavy atom. The average Bonchev–Trinajstić information content (AvgIpc) is 3.31. The van der Waals surface area contributed by atoms with E-state index in [0.29, 0.717) is 0 Å². The van der Waals surface area contributed by atoms with Crippen LogP contribution in [0.2, 0.25) is 0 Å². The first-order valence-corrected chi connectivity index (χ1v) is 22.3. The molecule has 0 bridgehead atoms. The zero-order valence-corrected chi connectivity index (χ0v) is 46.3. The maximum Gasteiger partial charge on any atom is 0.354 e. The summed E-state index contributed by atoms with van der Waals surface area (Å²) in [6.07, 6.45) is -1.54. The Bertz CT molecular complexity index is 1940. The molecular weight excluding hydrogens is 964 g/mol. The maximum absolute atomic E-state index is 11.5. The molecule has 3 amide bonds. The van der Waals surface area contributed by atoms with E-state index in [1.165, 1.54) is 153 Å². The Labute approximate surface area is 431 Å². The smallest absolute Gasteiger partial charge is 0.354 e. The van der Waals surface area contributed by atoms with Crippen LogP contribution in [0, 0.1) is 35.4 Å². The molecule has 7 unspecified atom stereocenters. The zero-order valence-electron chi connectivity index (χ0n) is 54.7. The number of halogens is 1. The maximum atomic E-state index is 11.5. The second-order valence-corrected chi connectivity index (χ2v) is 16.8. The molecule has 11 atom stereocenters. The van der Waals surface area contributed by atoms with Gasteiger partial charge in [0.25, 0.3) is 0 Å². The van der Waals surface area contributed by atoms with E-state index >= 15 is 0 Å². The molecule has 0 fully saturated rings. The number of hydrogen-bond donors (Lipinski definition) is 5. The summed E-state index contributed by atoms with van der Waals surface area (Å²) in [7, 11) is 5.56. The van der Waals surface area contributed by atoms with Gasteiger partial charge in [-0.25, -0.2) is 14.7 Å². The highest BCUT2D eigenvalue weighted by Crippen LogP contribution is 2.51. The van der Waals surface area contributed by atoms with Crippen molar-refractivity contribution in [3.05, 3.63) is 11.7 Å². The van der Waals surface area contributed by atoms with Crippen molar-refractivity contribution in [3.63, 3.8) is 0 Å². The summed E-state index contributed by atoms with van der Waals surface area (Å²) in [6.45, 7) is 21.2. The quantitative estimate of drug-likeness (QED) is 0.0119. The lowest BCUT2D eigenvalue weighted by molar-refractivity contribution is -0.172. The predicted molar refractivity (Wildman–Crippen MR) is 266 cm³/mol. The fourth-order valence-electron chi connectivity index (χ4n) is 3.03. The lowest BCUT2D eigenvalue weighted by atomic mass is 10.2. The van der Waals surface area contributed by atoms with E-state index in [9.17, 15) is 47.7 Å². The van der Waals surface area contributed by atoms with Crippen molar-refractivity contribution < 1.29 is 99.7 Å². The van der Waals surface area contributed by atoms with Crippen LogP contribution < -0.4 is 16.4 Å². The average molecular weight is 1060 g/mol. The molecule has 0 aliphatic carbocycles. The van der Waals surface area contributed by atoms with E-state index in [4.69, 9.17) is 29.7 Å². The lowest BCUT2D eigenvalue weighted by Crippen LogP contribution is -2.41. The Morgan fingerprint density at radius 2 is 1.13 bits per heavy atom. The number of carbonyl (C=O) groups is 9. The minimum atomic E-state index is -3.32. The molecule has 0 heterocycles. The molecule has 0 spiro atoms. The van der Waals surface area contributed by atoms with Crippen molar-refractivity contribution in [3.8, 4) is 0 Å². The minimum absolute atomic E-state index is 0.287. The number of aliphatic carboxylic acids is 2. The number of methoxy groups -OCH3 is 3. The number of carbonyl (C=O) groups excluding carboxylic acids is 7. The van der Waals surface area contributed by atoms with Crippen LogP contribution in [0.4, 0.5) is 0 Å². The third-order valence-corrected chi connectivity index (χ3v) is 8.50. The Balaban J connectivity index is -0.000000125. The second-order valence-electron chi connectivity index (χ2n) is 14.2. The molecular formula is C45H90ClN4O18P. The first-order valence-electron chi connectivity index (χ1n) is 25.1. The number of hydrogen-bond acceptors (Lipinski definition) is 17. The highest BCUT2D eigenvalue weighted by atomic mass is 35.5. The van der Waals surface area contributed by atoms with E-state index in [-0.39, 0.29) is 17.7 Å². The fourth-order valence-corrected chi connectivity index (χ4v) is 4.17. The van der Waals surface area contributed by atoms with Gasteiger partial charge in [-0.2, -0.15) is 0 Å². The minimum Gasteiger partial charge on any atom is -0.481 e. The van der Waals surface area contributed by atoms with Crippen molar-refractivity contribution >= 4 is 73.0 Å². The molecule has 0 aliphatic rings. The number of aldehydes is 1. The van der Waals surface area contributed by atoms with Gasteiger partial charge in [0.15, 0.2) is 5.66 Å². The number of alkyl halides is 1. The number of ether oxygens (including phenoxy) is 3. The van der Waals surface area contributed by atoms with Crippen molar-refractivity contribution in [2.75, 3.05) is 56.1 Å². The number of esters is 3. The standard InChI is InChI=1S/C9H17NO3.C9H15NO3.2C6H13NO2.C6H13O5P.C4H8O2.C4H8O.CH3Cl/c2*1-6(2)5-8(9(12)13-4)10-7(3)11;1-5(2)6(8)7(3)9-4;1-4(2)3-5(7)6(8)9;1-5(6(7)9-2)12(8,10-3)11-4;1-3(2)4(5)6;1-4(2)3-5;1-2/h6,8H,5H2,1-4H3,(H,10,11);5-6H,1-4H3,(H,10,11);5H,1-4H3;4-5H,3,7H2,1-2H3,(H,8,9);5H,1-4H3;3H,1-2H3,(H,5,6);3-4H,1-2H3;1H3/b;8-5-;;;;;;/t8-;;;5-;;;;/m0..0..../s1/i1+1,5+1D,6D,10-1;1+1,5+1D,6D,10+1;1+1,5D,6+1;1+1,3+1D,4D,7+1;;1+1,3D,4+1;1+1,3+1D,4D;/t5-,6?,8-;;;3-,4?,5-;;;;. The Morgan fingerprint density at radius 1 is 0.739 bits per heavy atom. The van der Waals surface area contributed by atoms with Gasteiger partial charge in [-0.15, -0.1) is 11.6 Å². The molecule has 410 valence electrons. The van der Waals surface area contributed by atoms with E-state index in [2.05, 4.69) is 50.3 Å². The number of rotatable bonds is 18. The molecule has 0 saturated carbocycles. The van der Waals surface area contributed by atoms with Crippen LogP contribution in [0.5, 0.6) is 0 Å². The number of nitrogens with zero attached hydrogens (tertiary/aromatic N) is 1. The highest BCUT2D eigenvalue weighted by molar-refractivity contribution is 7.55. The number of allylic oxidation sites excluding steroid dienone is 1. The molecule has 22 nitrogen and oxygen atoms in total. The third-order valence-electron chi connectivity index (χ3n) is 6.32. The van der Waals surface area contributed by atoms with Gasteiger partial charge in [0.05, 0.1) is 35.7 Å². The van der Waals surface area contributed by atoms with Gasteiger partial charge in [-0.1, -0.05) is 89.1 Å². The molecule has 24 heteroatoms. The lowest BCUT2D eigenvalue weighted by Gasteiger charge is -2.18. The summed E-state index contributed by atoms with van der Waals surface area (Å²) >= 11 is 4.64. The fraction of sp³-hybridized carbons (Fsp3) is 0.756. The van der Waals surface area contributed by atoms with E-state index < -0.39 is 121 Å². The van der Waals surface area contributed by atoms with Gasteiger partial charge in [0.1, 0.15) is 25.4 Å². The molecule has 0 aromatic heterocycles. The Hall–Kier alpha value is -4.47. The molecule has 0 saturated heterocycles. The van der Waals surface area contributed by atoms with Crippen LogP contribution in [-0.4, -0.2) is 143 Å². The number of hydroxylamine groups is 2. The summed E-state index contributed by atoms with van der Waals surface area (Å²) < 4.78 is 106. The molecule has 0 rings (SSSR count). The van der Waals surface area contributed by atoms with Crippen LogP contribution in [0.25, 0.3) is 0 Å². The molecule has 0 aromatic rings. The molecule has 69 heavy (non-hydrogen) atoms. The second kappa shape index (κ2) is 49.9. The number of carboxylic acids is 2. The normalized spacial score (nSPS) is 19.7. The van der Waals surface area contributed by atoms with Crippen molar-refractivity contribution in [1.82, 2.24) is 15.7 Å². The number of amides is 3. The molecule has 0 radical (unpaired) electrons. The first kappa shape index (κ1) is 58.8. The van der Waals surface area contributed by atoms with Crippen LogP contribution >= 0.6 is 19.2 Å². The van der Waals surface area contributed by atoms with E-state index in [1.807, 2.05) is 0 Å². The van der Waals surface area contributed by atoms with Crippen molar-refractivity contribution in [2.45, 2.75) is 134 Å². The monoisotopic (exact) mass is 1060 g/mol. The van der Waals surface area contributed by atoms with Crippen LogP contribution in [0.15, 0.2) is 11.7 Å². The summed E-state index contributed by atoms with van der Waals surface area (Å²) in [6, 6.07) is -2.66. The molecule has 6 N–H and O–H groups in total.